The smallest absolute Gasteiger partial charge is 0.164 e. The normalized spacial score (nSPS) is 17.6. The van der Waals surface area contributed by atoms with Gasteiger partial charge in [-0.05, 0) is 48.6 Å². The standard InChI is InChI=1S/C18H18O/c1-11-9-12(2)17-16(19)10-15(18(17)13(11)3)14-7-5-4-6-8-14/h4-9,15H,10H2,1-3H3. The zero-order chi connectivity index (χ0) is 13.6. The summed E-state index contributed by atoms with van der Waals surface area (Å²) in [6.45, 7) is 6.33. The Bertz CT molecular complexity index is 653. The molecule has 0 heterocycles. The van der Waals surface area contributed by atoms with Crippen LogP contribution in [0, 0.1) is 20.8 Å². The predicted molar refractivity (Wildman–Crippen MR) is 77.9 cm³/mol. The molecule has 0 aliphatic heterocycles. The Labute approximate surface area is 114 Å². The van der Waals surface area contributed by atoms with E-state index >= 15 is 0 Å². The van der Waals surface area contributed by atoms with E-state index in [1.807, 2.05) is 6.07 Å². The quantitative estimate of drug-likeness (QED) is 0.736. The van der Waals surface area contributed by atoms with Gasteiger partial charge in [-0.1, -0.05) is 36.4 Å². The highest BCUT2D eigenvalue weighted by Crippen LogP contribution is 2.42. The molecule has 0 saturated heterocycles. The largest absolute Gasteiger partial charge is 0.294 e. The monoisotopic (exact) mass is 250 g/mol. The van der Waals surface area contributed by atoms with Crippen LogP contribution < -0.4 is 0 Å². The molecule has 0 radical (unpaired) electrons. The van der Waals surface area contributed by atoms with Crippen molar-refractivity contribution in [3.63, 3.8) is 0 Å². The molecule has 0 fully saturated rings. The number of hydrogen-bond donors (Lipinski definition) is 0. The Morgan fingerprint density at radius 1 is 1.00 bits per heavy atom. The summed E-state index contributed by atoms with van der Waals surface area (Å²) in [5.41, 5.74) is 7.17. The van der Waals surface area contributed by atoms with Gasteiger partial charge in [0.25, 0.3) is 0 Å². The van der Waals surface area contributed by atoms with Crippen molar-refractivity contribution in [3.05, 3.63) is 69.8 Å². The van der Waals surface area contributed by atoms with E-state index in [2.05, 4.69) is 51.1 Å². The lowest BCUT2D eigenvalue weighted by Gasteiger charge is -2.16. The molecule has 3 rings (SSSR count). The van der Waals surface area contributed by atoms with E-state index < -0.39 is 0 Å². The summed E-state index contributed by atoms with van der Waals surface area (Å²) in [6.07, 6.45) is 0.616. The van der Waals surface area contributed by atoms with Crippen molar-refractivity contribution >= 4 is 5.78 Å². The SMILES string of the molecule is Cc1cc(C)c2c(c1C)C(c1ccccc1)CC2=O. The van der Waals surface area contributed by atoms with Gasteiger partial charge in [0.15, 0.2) is 5.78 Å². The maximum atomic E-state index is 12.3. The van der Waals surface area contributed by atoms with Gasteiger partial charge in [-0.15, -0.1) is 0 Å². The number of ketones is 1. The second kappa shape index (κ2) is 4.34. The number of rotatable bonds is 1. The molecule has 1 heteroatoms. The summed E-state index contributed by atoms with van der Waals surface area (Å²) < 4.78 is 0. The molecule has 0 spiro atoms. The van der Waals surface area contributed by atoms with Gasteiger partial charge in [0.1, 0.15) is 0 Å². The number of hydrogen-bond acceptors (Lipinski definition) is 1. The summed E-state index contributed by atoms with van der Waals surface area (Å²) in [7, 11) is 0. The van der Waals surface area contributed by atoms with E-state index in [9.17, 15) is 4.79 Å². The molecular weight excluding hydrogens is 232 g/mol. The highest BCUT2D eigenvalue weighted by atomic mass is 16.1. The molecule has 1 aliphatic rings. The summed E-state index contributed by atoms with van der Waals surface area (Å²) in [6, 6.07) is 12.5. The molecule has 1 atom stereocenters. The van der Waals surface area contributed by atoms with E-state index in [4.69, 9.17) is 0 Å². The predicted octanol–water partition coefficient (Wildman–Crippen LogP) is 4.33. The topological polar surface area (TPSA) is 17.1 Å². The van der Waals surface area contributed by atoms with Crippen LogP contribution in [0.1, 0.15) is 50.5 Å². The maximum absolute atomic E-state index is 12.3. The molecule has 2 aromatic carbocycles. The number of benzene rings is 2. The van der Waals surface area contributed by atoms with Gasteiger partial charge in [0, 0.05) is 17.9 Å². The van der Waals surface area contributed by atoms with E-state index in [0.717, 1.165) is 11.1 Å². The lowest BCUT2D eigenvalue weighted by molar-refractivity contribution is 0.0991. The van der Waals surface area contributed by atoms with Crippen LogP contribution in [0.3, 0.4) is 0 Å². The fraction of sp³-hybridized carbons (Fsp3) is 0.278. The van der Waals surface area contributed by atoms with Crippen LogP contribution >= 0.6 is 0 Å². The van der Waals surface area contributed by atoms with Crippen molar-refractivity contribution in [2.24, 2.45) is 0 Å². The third kappa shape index (κ3) is 1.81. The Hall–Kier alpha value is -1.89. The van der Waals surface area contributed by atoms with Gasteiger partial charge in [0.2, 0.25) is 0 Å². The van der Waals surface area contributed by atoms with Crippen molar-refractivity contribution in [2.75, 3.05) is 0 Å². The lowest BCUT2D eigenvalue weighted by atomic mass is 9.87. The van der Waals surface area contributed by atoms with Gasteiger partial charge in [-0.2, -0.15) is 0 Å². The van der Waals surface area contributed by atoms with Crippen molar-refractivity contribution in [3.8, 4) is 0 Å². The van der Waals surface area contributed by atoms with E-state index in [1.54, 1.807) is 0 Å². The summed E-state index contributed by atoms with van der Waals surface area (Å²) in [5.74, 6) is 0.534. The van der Waals surface area contributed by atoms with Crippen molar-refractivity contribution in [1.29, 1.82) is 0 Å². The number of carbonyl (C=O) groups excluding carboxylic acids is 1. The first-order valence-electron chi connectivity index (χ1n) is 6.78. The molecule has 0 saturated carbocycles. The van der Waals surface area contributed by atoms with Crippen LogP contribution in [0.25, 0.3) is 0 Å². The Morgan fingerprint density at radius 3 is 2.37 bits per heavy atom. The first-order valence-corrected chi connectivity index (χ1v) is 6.78. The molecule has 0 aromatic heterocycles. The molecular formula is C18H18O. The fourth-order valence-electron chi connectivity index (χ4n) is 3.28. The number of aryl methyl sites for hydroxylation is 2. The van der Waals surface area contributed by atoms with Crippen LogP contribution in [-0.2, 0) is 0 Å². The van der Waals surface area contributed by atoms with Crippen LogP contribution in [0.15, 0.2) is 36.4 Å². The van der Waals surface area contributed by atoms with Crippen molar-refractivity contribution < 1.29 is 4.79 Å². The highest BCUT2D eigenvalue weighted by Gasteiger charge is 2.33. The molecule has 96 valence electrons. The van der Waals surface area contributed by atoms with Crippen LogP contribution in [0.2, 0.25) is 0 Å². The lowest BCUT2D eigenvalue weighted by Crippen LogP contribution is -2.01. The van der Waals surface area contributed by atoms with Gasteiger partial charge in [-0.3, -0.25) is 4.79 Å². The van der Waals surface area contributed by atoms with Gasteiger partial charge in [0.05, 0.1) is 0 Å². The molecule has 0 N–H and O–H groups in total. The second-order valence-electron chi connectivity index (χ2n) is 5.51. The minimum atomic E-state index is 0.238. The third-order valence-electron chi connectivity index (χ3n) is 4.31. The second-order valence-corrected chi connectivity index (χ2v) is 5.51. The van der Waals surface area contributed by atoms with E-state index in [0.29, 0.717) is 12.2 Å². The number of Topliss-reactive ketones (excluding diaryl/α,β-unsaturated/α-hetero) is 1. The average molecular weight is 250 g/mol. The molecule has 1 unspecified atom stereocenters. The minimum Gasteiger partial charge on any atom is -0.294 e. The molecule has 2 aromatic rings. The molecule has 0 bridgehead atoms. The Morgan fingerprint density at radius 2 is 1.68 bits per heavy atom. The number of carbonyl (C=O) groups is 1. The highest BCUT2D eigenvalue weighted by molar-refractivity contribution is 6.03. The Kier molecular flexibility index (Phi) is 2.78. The van der Waals surface area contributed by atoms with Gasteiger partial charge < -0.3 is 0 Å². The van der Waals surface area contributed by atoms with Crippen molar-refractivity contribution in [2.45, 2.75) is 33.1 Å². The van der Waals surface area contributed by atoms with Crippen LogP contribution in [0.4, 0.5) is 0 Å². The zero-order valence-electron chi connectivity index (χ0n) is 11.7. The van der Waals surface area contributed by atoms with Crippen LogP contribution in [0.5, 0.6) is 0 Å². The van der Waals surface area contributed by atoms with Crippen LogP contribution in [-0.4, -0.2) is 5.78 Å². The molecule has 19 heavy (non-hydrogen) atoms. The molecule has 1 aliphatic carbocycles. The summed E-state index contributed by atoms with van der Waals surface area (Å²) in [5, 5.41) is 0. The van der Waals surface area contributed by atoms with Gasteiger partial charge in [-0.25, -0.2) is 0 Å². The van der Waals surface area contributed by atoms with Crippen molar-refractivity contribution in [1.82, 2.24) is 0 Å². The Balaban J connectivity index is 2.24. The van der Waals surface area contributed by atoms with E-state index in [-0.39, 0.29) is 5.92 Å². The average Bonchev–Trinajstić information content (AvgIpc) is 2.75. The van der Waals surface area contributed by atoms with E-state index in [1.165, 1.54) is 22.3 Å². The minimum absolute atomic E-state index is 0.238. The first-order chi connectivity index (χ1) is 9.09. The van der Waals surface area contributed by atoms with Gasteiger partial charge >= 0.3 is 0 Å². The summed E-state index contributed by atoms with van der Waals surface area (Å²) in [4.78, 5) is 12.3. The third-order valence-corrected chi connectivity index (χ3v) is 4.31. The number of fused-ring (bicyclic) bond motifs is 1. The fourth-order valence-corrected chi connectivity index (χ4v) is 3.28. The molecule has 1 nitrogen and oxygen atoms in total. The zero-order valence-corrected chi connectivity index (χ0v) is 11.7. The first kappa shape index (κ1) is 12.2. The molecule has 0 amide bonds. The summed E-state index contributed by atoms with van der Waals surface area (Å²) >= 11 is 0. The maximum Gasteiger partial charge on any atom is 0.164 e.